The molecule has 3 rings (SSSR count). The second-order valence-electron chi connectivity index (χ2n) is 7.32. The van der Waals surface area contributed by atoms with Gasteiger partial charge in [0.25, 0.3) is 11.8 Å². The minimum atomic E-state index is -0.793. The van der Waals surface area contributed by atoms with E-state index in [0.717, 1.165) is 16.9 Å². The lowest BCUT2D eigenvalue weighted by Crippen LogP contribution is -2.54. The molecule has 1 heterocycles. The number of anilines is 1. The van der Waals surface area contributed by atoms with Crippen molar-refractivity contribution in [2.24, 2.45) is 0 Å². The Kier molecular flexibility index (Phi) is 6.82. The summed E-state index contributed by atoms with van der Waals surface area (Å²) in [6.45, 7) is 4.19. The lowest BCUT2D eigenvalue weighted by atomic mass is 9.98. The van der Waals surface area contributed by atoms with Crippen LogP contribution in [0.3, 0.4) is 0 Å². The topological polar surface area (TPSA) is 94.2 Å². The van der Waals surface area contributed by atoms with E-state index in [1.807, 2.05) is 12.1 Å². The molecular formula is C24H26N2O6. The molecule has 0 unspecified atom stereocenters. The molecule has 8 nitrogen and oxygen atoms in total. The van der Waals surface area contributed by atoms with Gasteiger partial charge in [0.15, 0.2) is 11.5 Å². The summed E-state index contributed by atoms with van der Waals surface area (Å²) in [6.07, 6.45) is 2.35. The van der Waals surface area contributed by atoms with Gasteiger partial charge in [0.1, 0.15) is 5.57 Å². The number of benzene rings is 2. The van der Waals surface area contributed by atoms with E-state index in [1.165, 1.54) is 27.4 Å². The molecule has 2 aromatic carbocycles. The van der Waals surface area contributed by atoms with Gasteiger partial charge >= 0.3 is 6.03 Å². The van der Waals surface area contributed by atoms with E-state index in [9.17, 15) is 14.4 Å². The average Bonchev–Trinajstić information content (AvgIpc) is 2.80. The first kappa shape index (κ1) is 22.9. The number of nitrogens with one attached hydrogen (secondary N) is 1. The van der Waals surface area contributed by atoms with E-state index in [1.54, 1.807) is 24.3 Å². The Bertz CT molecular complexity index is 1050. The molecule has 1 aliphatic rings. The normalized spacial score (nSPS) is 16.1. The van der Waals surface area contributed by atoms with E-state index < -0.39 is 17.8 Å². The molecule has 0 aromatic heterocycles. The Labute approximate surface area is 186 Å². The number of nitrogens with zero attached hydrogens (tertiary/aromatic N) is 1. The van der Waals surface area contributed by atoms with Crippen molar-refractivity contribution in [1.82, 2.24) is 5.32 Å². The Morgan fingerprint density at radius 1 is 0.969 bits per heavy atom. The van der Waals surface area contributed by atoms with Crippen LogP contribution in [-0.4, -0.2) is 39.2 Å². The highest BCUT2D eigenvalue weighted by Crippen LogP contribution is 2.39. The van der Waals surface area contributed by atoms with E-state index in [4.69, 9.17) is 14.2 Å². The molecule has 1 fully saturated rings. The van der Waals surface area contributed by atoms with Crippen molar-refractivity contribution in [3.63, 3.8) is 0 Å². The van der Waals surface area contributed by atoms with Crippen molar-refractivity contribution < 1.29 is 28.6 Å². The number of carbonyl (C=O) groups excluding carboxylic acids is 3. The molecule has 4 amide bonds. The maximum absolute atomic E-state index is 13.1. The quantitative estimate of drug-likeness (QED) is 0.521. The minimum Gasteiger partial charge on any atom is -0.493 e. The highest BCUT2D eigenvalue weighted by Gasteiger charge is 2.37. The SMILES string of the molecule is CC[C@@H](C)c1ccc(N2C(=O)NC(=O)/C(=C/c3cc(OC)c(OC)c(OC)c3)C2=O)cc1. The van der Waals surface area contributed by atoms with Gasteiger partial charge in [-0.15, -0.1) is 0 Å². The van der Waals surface area contributed by atoms with Crippen molar-refractivity contribution in [3.8, 4) is 17.2 Å². The van der Waals surface area contributed by atoms with Crippen LogP contribution in [0.5, 0.6) is 17.2 Å². The van der Waals surface area contributed by atoms with Gasteiger partial charge < -0.3 is 14.2 Å². The number of urea groups is 1. The number of amides is 4. The number of imide groups is 2. The number of rotatable bonds is 7. The largest absolute Gasteiger partial charge is 0.493 e. The predicted octanol–water partition coefficient (Wildman–Crippen LogP) is 3.89. The second kappa shape index (κ2) is 9.55. The lowest BCUT2D eigenvalue weighted by molar-refractivity contribution is -0.122. The van der Waals surface area contributed by atoms with Crippen molar-refractivity contribution in [3.05, 3.63) is 53.1 Å². The molecule has 1 saturated heterocycles. The Morgan fingerprint density at radius 3 is 2.06 bits per heavy atom. The summed E-state index contributed by atoms with van der Waals surface area (Å²) in [7, 11) is 4.42. The molecule has 168 valence electrons. The van der Waals surface area contributed by atoms with E-state index in [-0.39, 0.29) is 5.57 Å². The van der Waals surface area contributed by atoms with E-state index in [0.29, 0.717) is 34.4 Å². The fourth-order valence-corrected chi connectivity index (χ4v) is 3.43. The van der Waals surface area contributed by atoms with Crippen LogP contribution < -0.4 is 24.4 Å². The van der Waals surface area contributed by atoms with E-state index in [2.05, 4.69) is 19.2 Å². The van der Waals surface area contributed by atoms with Crippen molar-refractivity contribution in [1.29, 1.82) is 0 Å². The zero-order chi connectivity index (χ0) is 23.4. The summed E-state index contributed by atoms with van der Waals surface area (Å²) in [5, 5.41) is 2.23. The predicted molar refractivity (Wildman–Crippen MR) is 120 cm³/mol. The molecule has 32 heavy (non-hydrogen) atoms. The fourth-order valence-electron chi connectivity index (χ4n) is 3.43. The molecule has 0 aliphatic carbocycles. The van der Waals surface area contributed by atoms with Gasteiger partial charge in [0, 0.05) is 0 Å². The first-order chi connectivity index (χ1) is 15.3. The smallest absolute Gasteiger partial charge is 0.335 e. The number of ether oxygens (including phenoxy) is 3. The summed E-state index contributed by atoms with van der Waals surface area (Å²) in [5.41, 5.74) is 1.76. The summed E-state index contributed by atoms with van der Waals surface area (Å²) in [5.74, 6) is -0.0151. The zero-order valence-electron chi connectivity index (χ0n) is 18.7. The van der Waals surface area contributed by atoms with Crippen LogP contribution in [0.25, 0.3) is 6.08 Å². The van der Waals surface area contributed by atoms with E-state index >= 15 is 0 Å². The van der Waals surface area contributed by atoms with Crippen LogP contribution in [0, 0.1) is 0 Å². The second-order valence-corrected chi connectivity index (χ2v) is 7.32. The number of hydrogen-bond donors (Lipinski definition) is 1. The molecule has 1 N–H and O–H groups in total. The monoisotopic (exact) mass is 438 g/mol. The number of barbiturate groups is 1. The summed E-state index contributed by atoms with van der Waals surface area (Å²) in [6, 6.07) is 9.58. The van der Waals surface area contributed by atoms with Gasteiger partial charge in [0.2, 0.25) is 5.75 Å². The zero-order valence-corrected chi connectivity index (χ0v) is 18.7. The molecule has 1 aliphatic heterocycles. The summed E-state index contributed by atoms with van der Waals surface area (Å²) in [4.78, 5) is 39.0. The van der Waals surface area contributed by atoms with Crippen LogP contribution in [0.1, 0.15) is 37.3 Å². The molecule has 0 bridgehead atoms. The average molecular weight is 438 g/mol. The van der Waals surface area contributed by atoms with Crippen LogP contribution in [0.2, 0.25) is 0 Å². The molecule has 0 saturated carbocycles. The Morgan fingerprint density at radius 2 is 1.56 bits per heavy atom. The first-order valence-electron chi connectivity index (χ1n) is 10.2. The van der Waals surface area contributed by atoms with Crippen LogP contribution in [-0.2, 0) is 9.59 Å². The van der Waals surface area contributed by atoms with Gasteiger partial charge in [0.05, 0.1) is 27.0 Å². The maximum Gasteiger partial charge on any atom is 0.335 e. The van der Waals surface area contributed by atoms with Gasteiger partial charge in [-0.05, 0) is 53.8 Å². The number of methoxy groups -OCH3 is 3. The van der Waals surface area contributed by atoms with Crippen molar-refractivity contribution in [2.45, 2.75) is 26.2 Å². The highest BCUT2D eigenvalue weighted by atomic mass is 16.5. The molecule has 8 heteroatoms. The molecule has 0 radical (unpaired) electrons. The Hall–Kier alpha value is -3.81. The third kappa shape index (κ3) is 4.30. The maximum atomic E-state index is 13.1. The lowest BCUT2D eigenvalue weighted by Gasteiger charge is -2.26. The first-order valence-corrected chi connectivity index (χ1v) is 10.2. The Balaban J connectivity index is 2.01. The van der Waals surface area contributed by atoms with Crippen molar-refractivity contribution >= 4 is 29.6 Å². The van der Waals surface area contributed by atoms with Gasteiger partial charge in [-0.3, -0.25) is 14.9 Å². The van der Waals surface area contributed by atoms with Gasteiger partial charge in [-0.2, -0.15) is 0 Å². The molecular weight excluding hydrogens is 412 g/mol. The molecule has 1 atom stereocenters. The standard InChI is InChI=1S/C24H26N2O6/c1-6-14(2)16-7-9-17(10-8-16)26-23(28)18(22(27)25-24(26)29)11-15-12-19(30-3)21(32-5)20(13-15)31-4/h7-14H,6H2,1-5H3,(H,25,27,29)/b18-11-/t14-/m1/s1. The number of hydrogen-bond acceptors (Lipinski definition) is 6. The fraction of sp³-hybridized carbons (Fsp3) is 0.292. The molecule has 0 spiro atoms. The van der Waals surface area contributed by atoms with Crippen molar-refractivity contribution in [2.75, 3.05) is 26.2 Å². The van der Waals surface area contributed by atoms with Crippen LogP contribution >= 0.6 is 0 Å². The van der Waals surface area contributed by atoms with Crippen LogP contribution in [0.4, 0.5) is 10.5 Å². The minimum absolute atomic E-state index is 0.190. The van der Waals surface area contributed by atoms with Gasteiger partial charge in [-0.25, -0.2) is 9.69 Å². The summed E-state index contributed by atoms with van der Waals surface area (Å²) >= 11 is 0. The highest BCUT2D eigenvalue weighted by molar-refractivity contribution is 6.39. The third-order valence-corrected chi connectivity index (χ3v) is 5.43. The number of carbonyl (C=O) groups is 3. The summed E-state index contributed by atoms with van der Waals surface area (Å²) < 4.78 is 15.9. The molecule has 2 aromatic rings. The van der Waals surface area contributed by atoms with Crippen LogP contribution in [0.15, 0.2) is 42.0 Å². The third-order valence-electron chi connectivity index (χ3n) is 5.43. The van der Waals surface area contributed by atoms with Gasteiger partial charge in [-0.1, -0.05) is 26.0 Å².